The Bertz CT molecular complexity index is 816. The number of ether oxygens (including phenoxy) is 3. The predicted molar refractivity (Wildman–Crippen MR) is 95.3 cm³/mol. The van der Waals surface area contributed by atoms with E-state index in [1.165, 1.54) is 12.8 Å². The molecule has 0 N–H and O–H groups in total. The number of amides is 1. The van der Waals surface area contributed by atoms with Crippen LogP contribution >= 0.6 is 0 Å². The van der Waals surface area contributed by atoms with Gasteiger partial charge in [-0.25, -0.2) is 0 Å². The second kappa shape index (κ2) is 6.24. The number of nitrogens with zero attached hydrogens (tertiary/aromatic N) is 1. The molecule has 1 saturated carbocycles. The van der Waals surface area contributed by atoms with Gasteiger partial charge in [-0.1, -0.05) is 37.1 Å². The summed E-state index contributed by atoms with van der Waals surface area (Å²) in [7, 11) is 0. The molecule has 3 aliphatic rings. The van der Waals surface area contributed by atoms with Crippen molar-refractivity contribution >= 4 is 5.91 Å². The van der Waals surface area contributed by atoms with Crippen LogP contribution in [0.5, 0.6) is 17.2 Å². The zero-order chi connectivity index (χ0) is 17.5. The fraction of sp³-hybridized carbons (Fsp3) is 0.381. The van der Waals surface area contributed by atoms with Crippen molar-refractivity contribution < 1.29 is 19.0 Å². The van der Waals surface area contributed by atoms with Gasteiger partial charge in [-0.3, -0.25) is 4.79 Å². The zero-order valence-corrected chi connectivity index (χ0v) is 14.5. The van der Waals surface area contributed by atoms with Gasteiger partial charge in [0.05, 0.1) is 0 Å². The molecule has 0 radical (unpaired) electrons. The topological polar surface area (TPSA) is 48.0 Å². The Morgan fingerprint density at radius 2 is 1.73 bits per heavy atom. The summed E-state index contributed by atoms with van der Waals surface area (Å²) in [5, 5.41) is 0. The lowest BCUT2D eigenvalue weighted by Crippen LogP contribution is -2.64. The fourth-order valence-electron chi connectivity index (χ4n) is 4.27. The van der Waals surface area contributed by atoms with Crippen molar-refractivity contribution in [1.29, 1.82) is 0 Å². The molecule has 1 aliphatic carbocycles. The van der Waals surface area contributed by atoms with Crippen LogP contribution in [0.3, 0.4) is 0 Å². The molecule has 2 aliphatic heterocycles. The molecular weight excluding hydrogens is 330 g/mol. The quantitative estimate of drug-likeness (QED) is 0.788. The summed E-state index contributed by atoms with van der Waals surface area (Å²) in [6.07, 6.45) is 4.03. The molecule has 1 saturated heterocycles. The average molecular weight is 351 g/mol. The van der Waals surface area contributed by atoms with Crippen LogP contribution in [-0.4, -0.2) is 29.7 Å². The van der Waals surface area contributed by atoms with Crippen LogP contribution in [0.2, 0.25) is 0 Å². The van der Waals surface area contributed by atoms with Crippen molar-refractivity contribution in [1.82, 2.24) is 4.90 Å². The Hall–Kier alpha value is -2.69. The molecule has 2 aromatic rings. The Morgan fingerprint density at radius 3 is 2.54 bits per heavy atom. The summed E-state index contributed by atoms with van der Waals surface area (Å²) in [5.74, 6) is 2.31. The number of para-hydroxylation sites is 1. The van der Waals surface area contributed by atoms with Gasteiger partial charge in [-0.2, -0.15) is 0 Å². The molecule has 0 spiro atoms. The number of hydrogen-bond acceptors (Lipinski definition) is 4. The number of rotatable bonds is 4. The van der Waals surface area contributed by atoms with Crippen molar-refractivity contribution in [3.63, 3.8) is 0 Å². The Kier molecular flexibility index (Phi) is 3.73. The number of likely N-dealkylation sites (tertiary alicyclic amines) is 1. The van der Waals surface area contributed by atoms with Gasteiger partial charge in [0.1, 0.15) is 11.8 Å². The van der Waals surface area contributed by atoms with Crippen molar-refractivity contribution in [2.45, 2.75) is 43.9 Å². The van der Waals surface area contributed by atoms with Gasteiger partial charge in [0.15, 0.2) is 11.5 Å². The fourth-order valence-corrected chi connectivity index (χ4v) is 4.27. The number of carbonyl (C=O) groups excluding carboxylic acids is 1. The normalized spacial score (nSPS) is 24.6. The van der Waals surface area contributed by atoms with Crippen molar-refractivity contribution in [3.05, 3.63) is 54.1 Å². The van der Waals surface area contributed by atoms with E-state index in [4.69, 9.17) is 14.2 Å². The lowest BCUT2D eigenvalue weighted by Gasteiger charge is -2.50. The van der Waals surface area contributed by atoms with Crippen LogP contribution in [-0.2, 0) is 4.79 Å². The van der Waals surface area contributed by atoms with E-state index < -0.39 is 6.10 Å². The molecule has 2 atom stereocenters. The molecule has 5 rings (SSSR count). The number of hydrogen-bond donors (Lipinski definition) is 0. The van der Waals surface area contributed by atoms with Gasteiger partial charge in [0.25, 0.3) is 5.91 Å². The number of benzene rings is 2. The van der Waals surface area contributed by atoms with E-state index >= 15 is 0 Å². The van der Waals surface area contributed by atoms with Gasteiger partial charge >= 0.3 is 0 Å². The Balaban J connectivity index is 1.47. The highest BCUT2D eigenvalue weighted by atomic mass is 16.7. The highest BCUT2D eigenvalue weighted by Crippen LogP contribution is 2.45. The summed E-state index contributed by atoms with van der Waals surface area (Å²) in [5.41, 5.74) is 1.04. The second-order valence-electron chi connectivity index (χ2n) is 7.09. The van der Waals surface area contributed by atoms with Crippen molar-refractivity contribution in [2.75, 3.05) is 6.79 Å². The molecule has 5 heteroatoms. The first-order chi connectivity index (χ1) is 12.8. The maximum Gasteiger partial charge on any atom is 0.267 e. The number of fused-ring (bicyclic) bond motifs is 1. The number of β-lactam (4-membered cyclic amide) rings is 1. The molecular formula is C21H21NO4. The lowest BCUT2D eigenvalue weighted by molar-refractivity contribution is -0.169. The SMILES string of the molecule is O=C1C(Oc2ccccc2)C(c2ccc3c(c2)OCO3)N1C1CCCC1. The summed E-state index contributed by atoms with van der Waals surface area (Å²) in [6.45, 7) is 0.249. The van der Waals surface area contributed by atoms with Crippen molar-refractivity contribution in [2.24, 2.45) is 0 Å². The molecule has 2 unspecified atom stereocenters. The maximum absolute atomic E-state index is 12.9. The first kappa shape index (κ1) is 15.6. The maximum atomic E-state index is 12.9. The first-order valence-electron chi connectivity index (χ1n) is 9.25. The summed E-state index contributed by atoms with van der Waals surface area (Å²) >= 11 is 0. The Morgan fingerprint density at radius 1 is 0.962 bits per heavy atom. The highest BCUT2D eigenvalue weighted by molar-refractivity contribution is 5.89. The number of carbonyl (C=O) groups is 1. The molecule has 1 amide bonds. The van der Waals surface area contributed by atoms with Gasteiger partial charge in [-0.15, -0.1) is 0 Å². The highest BCUT2D eigenvalue weighted by Gasteiger charge is 2.53. The van der Waals surface area contributed by atoms with Crippen LogP contribution in [0.15, 0.2) is 48.5 Å². The van der Waals surface area contributed by atoms with E-state index in [2.05, 4.69) is 0 Å². The smallest absolute Gasteiger partial charge is 0.267 e. The largest absolute Gasteiger partial charge is 0.478 e. The van der Waals surface area contributed by atoms with Gasteiger partial charge in [0.2, 0.25) is 12.9 Å². The van der Waals surface area contributed by atoms with Gasteiger partial charge in [0, 0.05) is 6.04 Å². The van der Waals surface area contributed by atoms with Crippen molar-refractivity contribution in [3.8, 4) is 17.2 Å². The average Bonchev–Trinajstić information content (AvgIpc) is 3.35. The molecule has 0 aromatic heterocycles. The zero-order valence-electron chi connectivity index (χ0n) is 14.5. The van der Waals surface area contributed by atoms with Gasteiger partial charge < -0.3 is 19.1 Å². The van der Waals surface area contributed by atoms with E-state index in [9.17, 15) is 4.79 Å². The van der Waals surface area contributed by atoms with Crippen LogP contribution in [0.25, 0.3) is 0 Å². The van der Waals surface area contributed by atoms with E-state index in [1.54, 1.807) is 0 Å². The summed E-state index contributed by atoms with van der Waals surface area (Å²) < 4.78 is 17.0. The molecule has 134 valence electrons. The summed E-state index contributed by atoms with van der Waals surface area (Å²) in [6, 6.07) is 15.7. The third kappa shape index (κ3) is 2.50. The van der Waals surface area contributed by atoms with E-state index in [0.717, 1.165) is 35.7 Å². The molecule has 0 bridgehead atoms. The minimum atomic E-state index is -0.488. The third-order valence-electron chi connectivity index (χ3n) is 5.55. The van der Waals surface area contributed by atoms with E-state index in [1.807, 2.05) is 53.4 Å². The molecule has 2 aromatic carbocycles. The van der Waals surface area contributed by atoms with Crippen LogP contribution < -0.4 is 14.2 Å². The minimum Gasteiger partial charge on any atom is -0.478 e. The van der Waals surface area contributed by atoms with Crippen LogP contribution in [0.1, 0.15) is 37.3 Å². The van der Waals surface area contributed by atoms with E-state index in [-0.39, 0.29) is 18.7 Å². The molecule has 2 heterocycles. The van der Waals surface area contributed by atoms with Crippen LogP contribution in [0.4, 0.5) is 0 Å². The summed E-state index contributed by atoms with van der Waals surface area (Å²) in [4.78, 5) is 14.9. The first-order valence-corrected chi connectivity index (χ1v) is 9.25. The second-order valence-corrected chi connectivity index (χ2v) is 7.09. The van der Waals surface area contributed by atoms with Gasteiger partial charge in [-0.05, 0) is 42.7 Å². The monoisotopic (exact) mass is 351 g/mol. The minimum absolute atomic E-state index is 0.0830. The van der Waals surface area contributed by atoms with E-state index in [0.29, 0.717) is 6.04 Å². The third-order valence-corrected chi connectivity index (χ3v) is 5.55. The standard InChI is InChI=1S/C21H21NO4/c23-21-20(26-16-8-2-1-3-9-16)19(22(21)15-6-4-5-7-15)14-10-11-17-18(12-14)25-13-24-17/h1-3,8-12,15,19-20H,4-7,13H2. The molecule has 5 nitrogen and oxygen atoms in total. The Labute approximate surface area is 152 Å². The molecule has 2 fully saturated rings. The molecule has 26 heavy (non-hydrogen) atoms. The predicted octanol–water partition coefficient (Wildman–Crippen LogP) is 3.69. The van der Waals surface area contributed by atoms with Crippen LogP contribution in [0, 0.1) is 0 Å². The lowest BCUT2D eigenvalue weighted by atomic mass is 9.87.